The molecule has 3 rings (SSSR count). The standard InChI is InChI=1S/C19H25N3O4S2/c1-4-13(2)22-18(24)15-7-5-6-8-16(15)20-19(22)27-11-17(23)21(3)14-9-10-28(25,26)12-14/h5-8,13-14H,4,9-12H2,1-3H3/t13-,14+/m1/s1. The van der Waals surface area contributed by atoms with Gasteiger partial charge in [-0.3, -0.25) is 14.2 Å². The Balaban J connectivity index is 1.83. The Morgan fingerprint density at radius 1 is 1.39 bits per heavy atom. The third kappa shape index (κ3) is 4.25. The molecule has 0 unspecified atom stereocenters. The van der Waals surface area contributed by atoms with E-state index in [1.54, 1.807) is 23.7 Å². The summed E-state index contributed by atoms with van der Waals surface area (Å²) >= 11 is 1.23. The van der Waals surface area contributed by atoms with Crippen molar-refractivity contribution < 1.29 is 13.2 Å². The fourth-order valence-electron chi connectivity index (χ4n) is 3.31. The van der Waals surface area contributed by atoms with Gasteiger partial charge in [0.1, 0.15) is 0 Å². The first-order valence-corrected chi connectivity index (χ1v) is 12.1. The van der Waals surface area contributed by atoms with E-state index in [1.807, 2.05) is 26.0 Å². The van der Waals surface area contributed by atoms with Crippen LogP contribution >= 0.6 is 11.8 Å². The molecule has 9 heteroatoms. The molecule has 1 saturated heterocycles. The number of carbonyl (C=O) groups excluding carboxylic acids is 1. The van der Waals surface area contributed by atoms with Crippen molar-refractivity contribution in [2.75, 3.05) is 24.3 Å². The van der Waals surface area contributed by atoms with Crippen LogP contribution in [0.25, 0.3) is 10.9 Å². The van der Waals surface area contributed by atoms with Crippen molar-refractivity contribution in [3.05, 3.63) is 34.6 Å². The lowest BCUT2D eigenvalue weighted by molar-refractivity contribution is -0.128. The van der Waals surface area contributed by atoms with Gasteiger partial charge in [0.2, 0.25) is 5.91 Å². The van der Waals surface area contributed by atoms with Crippen molar-refractivity contribution in [2.24, 2.45) is 0 Å². The number of sulfone groups is 1. The van der Waals surface area contributed by atoms with Crippen molar-refractivity contribution in [1.82, 2.24) is 14.5 Å². The minimum absolute atomic E-state index is 0.0196. The quantitative estimate of drug-likeness (QED) is 0.522. The topological polar surface area (TPSA) is 89.3 Å². The number of carbonyl (C=O) groups is 1. The number of fused-ring (bicyclic) bond motifs is 1. The third-order valence-electron chi connectivity index (χ3n) is 5.28. The highest BCUT2D eigenvalue weighted by molar-refractivity contribution is 7.99. The molecule has 1 amide bonds. The first-order valence-electron chi connectivity index (χ1n) is 9.33. The lowest BCUT2D eigenvalue weighted by Crippen LogP contribution is -2.39. The predicted octanol–water partition coefficient (Wildman–Crippen LogP) is 2.11. The molecule has 2 atom stereocenters. The molecule has 1 aliphatic rings. The molecule has 0 aliphatic carbocycles. The van der Waals surface area contributed by atoms with E-state index in [0.29, 0.717) is 22.5 Å². The summed E-state index contributed by atoms with van der Waals surface area (Å²) in [5.41, 5.74) is 0.502. The first kappa shape index (κ1) is 20.9. The zero-order valence-corrected chi connectivity index (χ0v) is 17.9. The van der Waals surface area contributed by atoms with Crippen LogP contribution in [0.2, 0.25) is 0 Å². The Morgan fingerprint density at radius 3 is 2.75 bits per heavy atom. The van der Waals surface area contributed by atoms with E-state index in [1.165, 1.54) is 16.7 Å². The summed E-state index contributed by atoms with van der Waals surface area (Å²) in [6.45, 7) is 3.96. The zero-order chi connectivity index (χ0) is 20.5. The molecule has 0 radical (unpaired) electrons. The summed E-state index contributed by atoms with van der Waals surface area (Å²) in [7, 11) is -1.41. The molecular formula is C19H25N3O4S2. The van der Waals surface area contributed by atoms with Gasteiger partial charge >= 0.3 is 0 Å². The minimum atomic E-state index is -3.05. The summed E-state index contributed by atoms with van der Waals surface area (Å²) in [6, 6.07) is 6.87. The van der Waals surface area contributed by atoms with Crippen LogP contribution in [0.3, 0.4) is 0 Å². The number of para-hydroxylation sites is 1. The van der Waals surface area contributed by atoms with Crippen molar-refractivity contribution in [3.8, 4) is 0 Å². The lowest BCUT2D eigenvalue weighted by atomic mass is 10.2. The second-order valence-corrected chi connectivity index (χ2v) is 10.4. The SMILES string of the molecule is CC[C@@H](C)n1c(SCC(=O)N(C)[C@H]2CCS(=O)(=O)C2)nc2ccccc2c1=O. The molecule has 1 aromatic carbocycles. The second-order valence-electron chi connectivity index (χ2n) is 7.19. The average molecular weight is 424 g/mol. The number of hydrogen-bond donors (Lipinski definition) is 0. The smallest absolute Gasteiger partial charge is 0.262 e. The molecule has 0 bridgehead atoms. The normalized spacial score (nSPS) is 19.6. The van der Waals surface area contributed by atoms with Gasteiger partial charge in [-0.15, -0.1) is 0 Å². The molecule has 0 saturated carbocycles. The maximum atomic E-state index is 13.0. The van der Waals surface area contributed by atoms with E-state index in [2.05, 4.69) is 4.98 Å². The van der Waals surface area contributed by atoms with E-state index in [-0.39, 0.29) is 40.8 Å². The summed E-state index contributed by atoms with van der Waals surface area (Å²) in [6.07, 6.45) is 1.24. The molecule has 152 valence electrons. The summed E-state index contributed by atoms with van der Waals surface area (Å²) < 4.78 is 25.0. The Kier molecular flexibility index (Phi) is 6.14. The van der Waals surface area contributed by atoms with Gasteiger partial charge in [0.05, 0.1) is 28.2 Å². The van der Waals surface area contributed by atoms with E-state index in [0.717, 1.165) is 6.42 Å². The first-order chi connectivity index (χ1) is 13.2. The Bertz CT molecular complexity index is 1050. The van der Waals surface area contributed by atoms with Crippen LogP contribution < -0.4 is 5.56 Å². The highest BCUT2D eigenvalue weighted by Gasteiger charge is 2.32. The number of amides is 1. The molecule has 2 aromatic rings. The number of thioether (sulfide) groups is 1. The zero-order valence-electron chi connectivity index (χ0n) is 16.3. The van der Waals surface area contributed by atoms with Gasteiger partial charge in [-0.05, 0) is 31.9 Å². The molecular weight excluding hydrogens is 398 g/mol. The maximum absolute atomic E-state index is 13.0. The van der Waals surface area contributed by atoms with Gasteiger partial charge in [-0.1, -0.05) is 30.8 Å². The van der Waals surface area contributed by atoms with Gasteiger partial charge in [0.25, 0.3) is 5.56 Å². The Hall–Kier alpha value is -1.87. The van der Waals surface area contributed by atoms with Crippen LogP contribution in [0.5, 0.6) is 0 Å². The van der Waals surface area contributed by atoms with Crippen molar-refractivity contribution in [2.45, 2.75) is 43.9 Å². The largest absolute Gasteiger partial charge is 0.341 e. The minimum Gasteiger partial charge on any atom is -0.341 e. The van der Waals surface area contributed by atoms with Crippen LogP contribution in [0.4, 0.5) is 0 Å². The highest BCUT2D eigenvalue weighted by atomic mass is 32.2. The van der Waals surface area contributed by atoms with Crippen LogP contribution in [-0.4, -0.2) is 59.1 Å². The van der Waals surface area contributed by atoms with Crippen LogP contribution in [0, 0.1) is 0 Å². The van der Waals surface area contributed by atoms with Crippen molar-refractivity contribution >= 4 is 38.4 Å². The van der Waals surface area contributed by atoms with Gasteiger partial charge < -0.3 is 4.90 Å². The summed E-state index contributed by atoms with van der Waals surface area (Å²) in [5.74, 6) is 0.0903. The maximum Gasteiger partial charge on any atom is 0.262 e. The molecule has 1 aromatic heterocycles. The van der Waals surface area contributed by atoms with Crippen molar-refractivity contribution in [1.29, 1.82) is 0 Å². The Morgan fingerprint density at radius 2 is 2.11 bits per heavy atom. The fraction of sp³-hybridized carbons (Fsp3) is 0.526. The van der Waals surface area contributed by atoms with Gasteiger partial charge in [0.15, 0.2) is 15.0 Å². The summed E-state index contributed by atoms with van der Waals surface area (Å²) in [4.78, 5) is 31.7. The fourth-order valence-corrected chi connectivity index (χ4v) is 6.11. The monoisotopic (exact) mass is 423 g/mol. The third-order valence-corrected chi connectivity index (χ3v) is 7.97. The lowest BCUT2D eigenvalue weighted by Gasteiger charge is -2.24. The number of benzene rings is 1. The average Bonchev–Trinajstić information content (AvgIpc) is 3.04. The van der Waals surface area contributed by atoms with E-state index >= 15 is 0 Å². The highest BCUT2D eigenvalue weighted by Crippen LogP contribution is 2.24. The molecule has 0 N–H and O–H groups in total. The molecule has 28 heavy (non-hydrogen) atoms. The van der Waals surface area contributed by atoms with E-state index in [4.69, 9.17) is 0 Å². The van der Waals surface area contributed by atoms with Gasteiger partial charge in [-0.25, -0.2) is 13.4 Å². The molecule has 7 nitrogen and oxygen atoms in total. The second kappa shape index (κ2) is 8.24. The van der Waals surface area contributed by atoms with Gasteiger partial charge in [0, 0.05) is 19.1 Å². The van der Waals surface area contributed by atoms with E-state index in [9.17, 15) is 18.0 Å². The number of hydrogen-bond acceptors (Lipinski definition) is 6. The van der Waals surface area contributed by atoms with Gasteiger partial charge in [-0.2, -0.15) is 0 Å². The molecule has 1 fully saturated rings. The summed E-state index contributed by atoms with van der Waals surface area (Å²) in [5, 5.41) is 1.07. The van der Waals surface area contributed by atoms with Crippen LogP contribution in [0.1, 0.15) is 32.7 Å². The van der Waals surface area contributed by atoms with Crippen molar-refractivity contribution in [3.63, 3.8) is 0 Å². The van der Waals surface area contributed by atoms with Crippen LogP contribution in [-0.2, 0) is 14.6 Å². The number of aromatic nitrogens is 2. The molecule has 1 aliphatic heterocycles. The number of rotatable bonds is 6. The molecule has 0 spiro atoms. The molecule has 2 heterocycles. The van der Waals surface area contributed by atoms with Crippen LogP contribution in [0.15, 0.2) is 34.2 Å². The predicted molar refractivity (Wildman–Crippen MR) is 112 cm³/mol. The number of nitrogens with zero attached hydrogens (tertiary/aromatic N) is 3. The van der Waals surface area contributed by atoms with E-state index < -0.39 is 9.84 Å². The Labute approximate surface area is 169 Å².